The van der Waals surface area contributed by atoms with Gasteiger partial charge in [-0.1, -0.05) is 65.0 Å². The van der Waals surface area contributed by atoms with Crippen LogP contribution in [0.25, 0.3) is 5.57 Å². The summed E-state index contributed by atoms with van der Waals surface area (Å²) >= 11 is 0. The first-order valence-electron chi connectivity index (χ1n) is 18.1. The summed E-state index contributed by atoms with van der Waals surface area (Å²) < 4.78 is 4.95. The average molecular weight is 629 g/mol. The van der Waals surface area contributed by atoms with E-state index in [4.69, 9.17) is 4.74 Å². The van der Waals surface area contributed by atoms with Gasteiger partial charge in [0.2, 0.25) is 5.91 Å². The summed E-state index contributed by atoms with van der Waals surface area (Å²) in [4.78, 5) is 26.6. The highest BCUT2D eigenvalue weighted by atomic mass is 16.5. The van der Waals surface area contributed by atoms with Crippen LogP contribution >= 0.6 is 0 Å². The van der Waals surface area contributed by atoms with E-state index in [0.29, 0.717) is 41.7 Å². The first-order valence-corrected chi connectivity index (χ1v) is 18.1. The number of likely N-dealkylation sites (N-methyl/N-ethyl adjacent to an activating group) is 1. The number of esters is 1. The molecule has 0 saturated heterocycles. The molecule has 1 aromatic carbocycles. The van der Waals surface area contributed by atoms with E-state index in [9.17, 15) is 9.59 Å². The van der Waals surface area contributed by atoms with Crippen LogP contribution in [0.4, 0.5) is 0 Å². The van der Waals surface area contributed by atoms with Crippen molar-refractivity contribution in [1.29, 1.82) is 0 Å². The molecule has 5 heteroatoms. The second kappa shape index (κ2) is 11.3. The van der Waals surface area contributed by atoms with Crippen molar-refractivity contribution < 1.29 is 14.3 Å². The number of hydrogen-bond donors (Lipinski definition) is 1. The van der Waals surface area contributed by atoms with Gasteiger partial charge in [0.15, 0.2) is 0 Å². The molecule has 1 aromatic rings. The number of ether oxygens (including phenoxy) is 1. The normalized spacial score (nSPS) is 40.8. The maximum absolute atomic E-state index is 12.8. The molecule has 0 aromatic heterocycles. The first kappa shape index (κ1) is 33.5. The minimum atomic E-state index is -0.281. The number of rotatable bonds is 6. The van der Waals surface area contributed by atoms with Crippen LogP contribution in [0.1, 0.15) is 115 Å². The van der Waals surface area contributed by atoms with Crippen molar-refractivity contribution in [2.45, 2.75) is 105 Å². The van der Waals surface area contributed by atoms with E-state index < -0.39 is 0 Å². The second-order valence-electron chi connectivity index (χ2n) is 17.6. The highest BCUT2D eigenvalue weighted by Crippen LogP contribution is 2.76. The zero-order valence-corrected chi connectivity index (χ0v) is 30.2. The number of methoxy groups -OCH3 is 1. The molecular weight excluding hydrogens is 568 g/mol. The largest absolute Gasteiger partial charge is 0.465 e. The zero-order valence-electron chi connectivity index (χ0n) is 30.2. The Morgan fingerprint density at radius 2 is 1.61 bits per heavy atom. The lowest BCUT2D eigenvalue weighted by Gasteiger charge is -2.72. The van der Waals surface area contributed by atoms with Crippen LogP contribution in [0.2, 0.25) is 0 Å². The second-order valence-corrected chi connectivity index (χ2v) is 17.6. The zero-order chi connectivity index (χ0) is 33.4. The molecule has 9 atom stereocenters. The van der Waals surface area contributed by atoms with E-state index in [1.54, 1.807) is 4.90 Å². The van der Waals surface area contributed by atoms with Crippen LogP contribution in [-0.4, -0.2) is 50.1 Å². The molecule has 4 saturated carbocycles. The summed E-state index contributed by atoms with van der Waals surface area (Å²) in [5.74, 6) is 2.90. The van der Waals surface area contributed by atoms with Gasteiger partial charge in [0.25, 0.3) is 0 Å². The lowest BCUT2D eigenvalue weighted by molar-refractivity contribution is -0.219. The third-order valence-electron chi connectivity index (χ3n) is 15.4. The van der Waals surface area contributed by atoms with Gasteiger partial charge in [-0.2, -0.15) is 0 Å². The average Bonchev–Trinajstić information content (AvgIpc) is 3.40. The van der Waals surface area contributed by atoms with Crippen molar-refractivity contribution in [2.75, 3.05) is 27.7 Å². The van der Waals surface area contributed by atoms with Crippen LogP contribution in [0.3, 0.4) is 0 Å². The molecule has 0 heterocycles. The van der Waals surface area contributed by atoms with E-state index in [0.717, 1.165) is 19.3 Å². The highest BCUT2D eigenvalue weighted by molar-refractivity contribution is 5.90. The Balaban J connectivity index is 1.32. The van der Waals surface area contributed by atoms with Gasteiger partial charge in [-0.15, -0.1) is 0 Å². The van der Waals surface area contributed by atoms with Crippen molar-refractivity contribution in [3.63, 3.8) is 0 Å². The number of amides is 1. The highest BCUT2D eigenvalue weighted by Gasteiger charge is 2.70. The van der Waals surface area contributed by atoms with E-state index >= 15 is 0 Å². The molecule has 6 rings (SSSR count). The van der Waals surface area contributed by atoms with Crippen LogP contribution in [0, 0.1) is 51.2 Å². The van der Waals surface area contributed by atoms with Gasteiger partial charge in [0.1, 0.15) is 0 Å². The third kappa shape index (κ3) is 4.71. The molecule has 5 aliphatic rings. The van der Waals surface area contributed by atoms with Crippen LogP contribution in [0.15, 0.2) is 42.5 Å². The fourth-order valence-electron chi connectivity index (χ4n) is 12.9. The summed E-state index contributed by atoms with van der Waals surface area (Å²) in [5.41, 5.74) is 5.48. The Kier molecular flexibility index (Phi) is 8.26. The fourth-order valence-corrected chi connectivity index (χ4v) is 12.9. The number of fused-ring (bicyclic) bond motifs is 7. The maximum atomic E-state index is 12.8. The molecule has 46 heavy (non-hydrogen) atoms. The van der Waals surface area contributed by atoms with Crippen molar-refractivity contribution in [3.8, 4) is 0 Å². The summed E-state index contributed by atoms with van der Waals surface area (Å²) in [5, 5.41) is 3.93. The minimum absolute atomic E-state index is 0.0393. The smallest absolute Gasteiger partial charge is 0.337 e. The van der Waals surface area contributed by atoms with E-state index in [1.165, 1.54) is 62.3 Å². The molecule has 0 spiro atoms. The Morgan fingerprint density at radius 3 is 2.24 bits per heavy atom. The minimum Gasteiger partial charge on any atom is -0.465 e. The van der Waals surface area contributed by atoms with Crippen molar-refractivity contribution in [2.24, 2.45) is 51.2 Å². The number of hydrogen-bond acceptors (Lipinski definition) is 4. The summed E-state index contributed by atoms with van der Waals surface area (Å²) in [6.07, 6.45) is 13.6. The van der Waals surface area contributed by atoms with E-state index in [1.807, 2.05) is 26.2 Å². The molecule has 0 unspecified atom stereocenters. The van der Waals surface area contributed by atoms with Gasteiger partial charge in [-0.25, -0.2) is 4.79 Å². The van der Waals surface area contributed by atoms with Crippen LogP contribution in [0.5, 0.6) is 0 Å². The Hall–Kier alpha value is -2.40. The van der Waals surface area contributed by atoms with E-state index in [2.05, 4.69) is 71.6 Å². The number of allylic oxidation sites excluding steroid dienone is 3. The fraction of sp³-hybridized carbons (Fsp3) is 0.707. The van der Waals surface area contributed by atoms with Gasteiger partial charge < -0.3 is 15.0 Å². The standard InChI is InChI=1S/C41H60N2O3/c1-26(2)29-17-22-41(42-25-34(44)43(8)9)24-23-39(6)31(35(29)41)15-16-33-38(5)20-18-30(27-11-13-28(14-12-27)36(45)46-10)37(3,4)32(38)19-21-40(33,39)7/h11-14,18,29,31-33,35,42H,1,15-17,19-25H2,2-10H3/t29-,31+,32-,33+,35+,38-,39+,40+,41-/m0/s1. The first-order chi connectivity index (χ1) is 21.6. The molecule has 0 bridgehead atoms. The predicted octanol–water partition coefficient (Wildman–Crippen LogP) is 8.55. The Labute approximate surface area is 279 Å². The Morgan fingerprint density at radius 1 is 0.913 bits per heavy atom. The quantitative estimate of drug-likeness (QED) is 0.253. The molecular formula is C41H60N2O3. The van der Waals surface area contributed by atoms with Gasteiger partial charge in [-0.3, -0.25) is 4.79 Å². The maximum Gasteiger partial charge on any atom is 0.337 e. The van der Waals surface area contributed by atoms with Gasteiger partial charge >= 0.3 is 5.97 Å². The van der Waals surface area contributed by atoms with Crippen LogP contribution in [-0.2, 0) is 9.53 Å². The molecule has 0 radical (unpaired) electrons. The molecule has 4 fully saturated rings. The Bertz CT molecular complexity index is 1430. The molecule has 0 aliphatic heterocycles. The number of carbonyl (C=O) groups excluding carboxylic acids is 2. The lowest BCUT2D eigenvalue weighted by Crippen LogP contribution is -2.68. The summed E-state index contributed by atoms with van der Waals surface area (Å²) in [6, 6.07) is 8.08. The van der Waals surface area contributed by atoms with Crippen molar-refractivity contribution in [1.82, 2.24) is 10.2 Å². The van der Waals surface area contributed by atoms with Crippen molar-refractivity contribution >= 4 is 17.4 Å². The monoisotopic (exact) mass is 628 g/mol. The van der Waals surface area contributed by atoms with Gasteiger partial charge in [0, 0.05) is 19.6 Å². The summed E-state index contributed by atoms with van der Waals surface area (Å²) in [6.45, 7) is 20.2. The van der Waals surface area contributed by atoms with Gasteiger partial charge in [0.05, 0.1) is 19.2 Å². The molecule has 252 valence electrons. The third-order valence-corrected chi connectivity index (χ3v) is 15.4. The molecule has 5 aliphatic carbocycles. The molecule has 1 N–H and O–H groups in total. The van der Waals surface area contributed by atoms with Crippen molar-refractivity contribution in [3.05, 3.63) is 53.6 Å². The number of nitrogens with one attached hydrogen (secondary N) is 1. The number of benzene rings is 1. The number of carbonyl (C=O) groups is 2. The van der Waals surface area contributed by atoms with E-state index in [-0.39, 0.29) is 39.1 Å². The lowest BCUT2D eigenvalue weighted by atomic mass is 9.33. The van der Waals surface area contributed by atoms with Crippen LogP contribution < -0.4 is 5.32 Å². The molecule has 5 nitrogen and oxygen atoms in total. The molecule has 1 amide bonds. The topological polar surface area (TPSA) is 58.6 Å². The SMILES string of the molecule is C=C(C)[C@@H]1CC[C@]2(NCC(=O)N(C)C)CC[C@]3(C)[C@H](CC[C@@H]4[C@@]5(C)CC=C(c6ccc(C(=O)OC)cc6)C(C)(C)[C@@H]5CC[C@]43C)[C@@H]12. The van der Waals surface area contributed by atoms with Gasteiger partial charge in [-0.05, 0) is 139 Å². The number of nitrogens with zero attached hydrogens (tertiary/aromatic N) is 1. The predicted molar refractivity (Wildman–Crippen MR) is 187 cm³/mol. The summed E-state index contributed by atoms with van der Waals surface area (Å²) in [7, 11) is 5.18.